The molecule has 2 aliphatic rings. The maximum absolute atomic E-state index is 12.1. The molecule has 0 spiro atoms. The maximum atomic E-state index is 12.1. The van der Waals surface area contributed by atoms with E-state index in [0.29, 0.717) is 37.4 Å². The van der Waals surface area contributed by atoms with Gasteiger partial charge in [0.25, 0.3) is 0 Å². The predicted molar refractivity (Wildman–Crippen MR) is 128 cm³/mol. The van der Waals surface area contributed by atoms with Crippen LogP contribution in [-0.4, -0.2) is 59.0 Å². The van der Waals surface area contributed by atoms with E-state index < -0.39 is 0 Å². The average Bonchev–Trinajstić information content (AvgIpc) is 3.39. The van der Waals surface area contributed by atoms with Crippen LogP contribution in [0.5, 0.6) is 0 Å². The number of imidazole rings is 1. The number of guanidine groups is 1. The molecule has 1 aromatic rings. The standard InChI is InChI=1S/C21H36N6O.HI/c1-3-23-21(25-10-9-24-20(28)14-18-6-4-5-7-18)26-12-8-17(2)19(15-26)27-13-11-22-16-27;/h11,13,16-19H,3-10,12,14-15H2,1-2H3,(H,23,25)(H,24,28);1H. The SMILES string of the molecule is CCNC(=NCCNC(=O)CC1CCCC1)N1CCC(C)C(n2ccnc2)C1.I. The average molecular weight is 516 g/mol. The van der Waals surface area contributed by atoms with Crippen molar-refractivity contribution in [2.45, 2.75) is 58.4 Å². The first-order valence-electron chi connectivity index (χ1n) is 10.9. The van der Waals surface area contributed by atoms with Gasteiger partial charge in [0.05, 0.1) is 18.9 Å². The van der Waals surface area contributed by atoms with Gasteiger partial charge in [-0.25, -0.2) is 4.98 Å². The lowest BCUT2D eigenvalue weighted by Gasteiger charge is -2.39. The third-order valence-corrected chi connectivity index (χ3v) is 6.11. The Bertz CT molecular complexity index is 629. The molecule has 1 aliphatic heterocycles. The van der Waals surface area contributed by atoms with Crippen molar-refractivity contribution in [2.24, 2.45) is 16.8 Å². The van der Waals surface area contributed by atoms with Gasteiger partial charge in [-0.2, -0.15) is 0 Å². The van der Waals surface area contributed by atoms with Crippen molar-refractivity contribution < 1.29 is 4.79 Å². The van der Waals surface area contributed by atoms with Gasteiger partial charge in [-0.1, -0.05) is 19.8 Å². The quantitative estimate of drug-likeness (QED) is 0.253. The summed E-state index contributed by atoms with van der Waals surface area (Å²) < 4.78 is 2.21. The molecule has 0 bridgehead atoms. The van der Waals surface area contributed by atoms with Gasteiger partial charge in [0, 0.05) is 45.0 Å². The third kappa shape index (κ3) is 7.15. The van der Waals surface area contributed by atoms with E-state index >= 15 is 0 Å². The van der Waals surface area contributed by atoms with Crippen LogP contribution in [0.3, 0.4) is 0 Å². The molecule has 1 aromatic heterocycles. The number of hydrogen-bond donors (Lipinski definition) is 2. The smallest absolute Gasteiger partial charge is 0.220 e. The molecular weight excluding hydrogens is 479 g/mol. The number of rotatable bonds is 7. The fourth-order valence-electron chi connectivity index (χ4n) is 4.43. The number of aromatic nitrogens is 2. The van der Waals surface area contributed by atoms with Crippen molar-refractivity contribution in [3.8, 4) is 0 Å². The number of nitrogens with one attached hydrogen (secondary N) is 2. The largest absolute Gasteiger partial charge is 0.357 e. The molecule has 1 aliphatic carbocycles. The summed E-state index contributed by atoms with van der Waals surface area (Å²) >= 11 is 0. The van der Waals surface area contributed by atoms with E-state index in [1.165, 1.54) is 25.7 Å². The summed E-state index contributed by atoms with van der Waals surface area (Å²) in [6.07, 6.45) is 12.6. The third-order valence-electron chi connectivity index (χ3n) is 6.11. The summed E-state index contributed by atoms with van der Waals surface area (Å²) in [4.78, 5) is 23.4. The first-order chi connectivity index (χ1) is 13.7. The van der Waals surface area contributed by atoms with E-state index in [1.807, 2.05) is 12.5 Å². The molecule has 1 amide bonds. The van der Waals surface area contributed by atoms with Gasteiger partial charge in [-0.3, -0.25) is 9.79 Å². The summed E-state index contributed by atoms with van der Waals surface area (Å²) in [6.45, 7) is 8.40. The molecule has 2 atom stereocenters. The van der Waals surface area contributed by atoms with E-state index in [-0.39, 0.29) is 29.9 Å². The van der Waals surface area contributed by atoms with Crippen molar-refractivity contribution in [3.63, 3.8) is 0 Å². The molecule has 2 heterocycles. The molecule has 2 unspecified atom stereocenters. The normalized spacial score (nSPS) is 23.0. The molecule has 0 aromatic carbocycles. The Morgan fingerprint density at radius 1 is 1.24 bits per heavy atom. The minimum Gasteiger partial charge on any atom is -0.357 e. The van der Waals surface area contributed by atoms with E-state index in [0.717, 1.165) is 32.0 Å². The van der Waals surface area contributed by atoms with Crippen LogP contribution in [0.4, 0.5) is 0 Å². The lowest BCUT2D eigenvalue weighted by Crippen LogP contribution is -2.49. The molecule has 8 heteroatoms. The first kappa shape index (κ1) is 24.0. The van der Waals surface area contributed by atoms with Gasteiger partial charge >= 0.3 is 0 Å². The summed E-state index contributed by atoms with van der Waals surface area (Å²) in [5.74, 6) is 2.34. The van der Waals surface area contributed by atoms with Crippen LogP contribution in [0.25, 0.3) is 0 Å². The number of likely N-dealkylation sites (tertiary alicyclic amines) is 1. The molecule has 1 saturated heterocycles. The van der Waals surface area contributed by atoms with Crippen molar-refractivity contribution in [2.75, 3.05) is 32.7 Å². The number of piperidine rings is 1. The number of aliphatic imine (C=N–C) groups is 1. The topological polar surface area (TPSA) is 74.6 Å². The highest BCUT2D eigenvalue weighted by Gasteiger charge is 2.28. The van der Waals surface area contributed by atoms with Gasteiger partial charge in [-0.05, 0) is 38.0 Å². The lowest BCUT2D eigenvalue weighted by atomic mass is 9.93. The molecule has 2 N–H and O–H groups in total. The highest BCUT2D eigenvalue weighted by atomic mass is 127. The number of nitrogens with zero attached hydrogens (tertiary/aromatic N) is 4. The highest BCUT2D eigenvalue weighted by Crippen LogP contribution is 2.28. The van der Waals surface area contributed by atoms with Crippen LogP contribution in [-0.2, 0) is 4.79 Å². The first-order valence-corrected chi connectivity index (χ1v) is 10.9. The monoisotopic (exact) mass is 516 g/mol. The molecule has 1 saturated carbocycles. The van der Waals surface area contributed by atoms with Crippen LogP contribution >= 0.6 is 24.0 Å². The fraction of sp³-hybridized carbons (Fsp3) is 0.762. The van der Waals surface area contributed by atoms with Crippen molar-refractivity contribution in [1.29, 1.82) is 0 Å². The minimum atomic E-state index is 0. The summed E-state index contributed by atoms with van der Waals surface area (Å²) in [7, 11) is 0. The van der Waals surface area contributed by atoms with Gasteiger partial charge in [-0.15, -0.1) is 24.0 Å². The van der Waals surface area contributed by atoms with E-state index in [2.05, 4.69) is 45.1 Å². The van der Waals surface area contributed by atoms with Crippen LogP contribution in [0.2, 0.25) is 0 Å². The zero-order chi connectivity index (χ0) is 19.8. The predicted octanol–water partition coefficient (Wildman–Crippen LogP) is 3.05. The van der Waals surface area contributed by atoms with Crippen LogP contribution in [0.15, 0.2) is 23.7 Å². The molecular formula is C21H37IN6O. The Balaban J connectivity index is 0.00000300. The Morgan fingerprint density at radius 2 is 2.03 bits per heavy atom. The van der Waals surface area contributed by atoms with Gasteiger partial charge < -0.3 is 20.1 Å². The molecule has 29 heavy (non-hydrogen) atoms. The van der Waals surface area contributed by atoms with E-state index in [1.54, 1.807) is 0 Å². The second kappa shape index (κ2) is 12.4. The Hall–Kier alpha value is -1.32. The van der Waals surface area contributed by atoms with Crippen molar-refractivity contribution >= 4 is 35.8 Å². The van der Waals surface area contributed by atoms with Crippen LogP contribution in [0.1, 0.15) is 58.4 Å². The minimum absolute atomic E-state index is 0. The lowest BCUT2D eigenvalue weighted by molar-refractivity contribution is -0.121. The summed E-state index contributed by atoms with van der Waals surface area (Å²) in [5.41, 5.74) is 0. The molecule has 164 valence electrons. The van der Waals surface area contributed by atoms with Crippen LogP contribution < -0.4 is 10.6 Å². The number of amides is 1. The molecule has 2 fully saturated rings. The van der Waals surface area contributed by atoms with E-state index in [4.69, 9.17) is 4.99 Å². The number of halogens is 1. The summed E-state index contributed by atoms with van der Waals surface area (Å²) in [6, 6.07) is 0.409. The van der Waals surface area contributed by atoms with Gasteiger partial charge in [0.2, 0.25) is 5.91 Å². The van der Waals surface area contributed by atoms with Gasteiger partial charge in [0.1, 0.15) is 0 Å². The Morgan fingerprint density at radius 3 is 2.72 bits per heavy atom. The maximum Gasteiger partial charge on any atom is 0.220 e. The van der Waals surface area contributed by atoms with Crippen molar-refractivity contribution in [1.82, 2.24) is 25.1 Å². The number of carbonyl (C=O) groups excluding carboxylic acids is 1. The molecule has 0 radical (unpaired) electrons. The number of hydrogen-bond acceptors (Lipinski definition) is 3. The Kier molecular flexibility index (Phi) is 10.2. The zero-order valence-electron chi connectivity index (χ0n) is 17.8. The van der Waals surface area contributed by atoms with Gasteiger partial charge in [0.15, 0.2) is 5.96 Å². The van der Waals surface area contributed by atoms with Crippen LogP contribution in [0, 0.1) is 11.8 Å². The fourth-order valence-corrected chi connectivity index (χ4v) is 4.43. The second-order valence-corrected chi connectivity index (χ2v) is 8.23. The molecule has 3 rings (SSSR count). The van der Waals surface area contributed by atoms with E-state index in [9.17, 15) is 4.79 Å². The second-order valence-electron chi connectivity index (χ2n) is 8.23. The number of carbonyl (C=O) groups is 1. The Labute approximate surface area is 192 Å². The zero-order valence-corrected chi connectivity index (χ0v) is 20.2. The van der Waals surface area contributed by atoms with Crippen molar-refractivity contribution in [3.05, 3.63) is 18.7 Å². The summed E-state index contributed by atoms with van der Waals surface area (Å²) in [5, 5.41) is 6.46. The molecule has 7 nitrogen and oxygen atoms in total. The highest BCUT2D eigenvalue weighted by molar-refractivity contribution is 14.0.